The van der Waals surface area contributed by atoms with E-state index in [-0.39, 0.29) is 0 Å². The molecule has 0 saturated carbocycles. The molecule has 0 bridgehead atoms. The lowest BCUT2D eigenvalue weighted by Gasteiger charge is -2.12. The number of nitrogens with one attached hydrogen (secondary N) is 1. The zero-order chi connectivity index (χ0) is 11.8. The third-order valence-electron chi connectivity index (χ3n) is 2.48. The van der Waals surface area contributed by atoms with Crippen LogP contribution in [-0.2, 0) is 6.42 Å². The number of ether oxygens (including phenoxy) is 2. The first kappa shape index (κ1) is 12.8. The molecule has 1 rings (SSSR count). The average molecular weight is 223 g/mol. The maximum absolute atomic E-state index is 5.37. The molecule has 0 saturated heterocycles. The second-order valence-corrected chi connectivity index (χ2v) is 3.65. The molecule has 0 aromatic heterocycles. The third kappa shape index (κ3) is 3.42. The van der Waals surface area contributed by atoms with E-state index in [1.165, 1.54) is 5.56 Å². The van der Waals surface area contributed by atoms with E-state index in [4.69, 9.17) is 9.47 Å². The van der Waals surface area contributed by atoms with Gasteiger partial charge in [0.2, 0.25) is 0 Å². The van der Waals surface area contributed by atoms with E-state index in [0.717, 1.165) is 37.4 Å². The Labute approximate surface area is 97.8 Å². The molecule has 3 heteroatoms. The van der Waals surface area contributed by atoms with Gasteiger partial charge in [0.1, 0.15) is 0 Å². The van der Waals surface area contributed by atoms with Crippen LogP contribution in [0.4, 0.5) is 0 Å². The van der Waals surface area contributed by atoms with Gasteiger partial charge in [-0.1, -0.05) is 19.1 Å². The van der Waals surface area contributed by atoms with Crippen LogP contribution in [0.15, 0.2) is 18.2 Å². The molecule has 0 fully saturated rings. The summed E-state index contributed by atoms with van der Waals surface area (Å²) in [7, 11) is 3.35. The predicted molar refractivity (Wildman–Crippen MR) is 66.4 cm³/mol. The standard InChI is InChI=1S/C13H21NO2/c1-4-9-14-10-8-11-6-5-7-12(15-2)13(11)16-3/h5-7,14H,4,8-10H2,1-3H3. The van der Waals surface area contributed by atoms with Gasteiger partial charge in [-0.2, -0.15) is 0 Å². The van der Waals surface area contributed by atoms with E-state index < -0.39 is 0 Å². The summed E-state index contributed by atoms with van der Waals surface area (Å²) in [5, 5.41) is 3.38. The van der Waals surface area contributed by atoms with Crippen molar-refractivity contribution in [1.29, 1.82) is 0 Å². The molecule has 90 valence electrons. The van der Waals surface area contributed by atoms with Crippen molar-refractivity contribution < 1.29 is 9.47 Å². The summed E-state index contributed by atoms with van der Waals surface area (Å²) < 4.78 is 10.6. The van der Waals surface area contributed by atoms with Crippen LogP contribution in [0.3, 0.4) is 0 Å². The van der Waals surface area contributed by atoms with Gasteiger partial charge in [0.15, 0.2) is 11.5 Å². The summed E-state index contributed by atoms with van der Waals surface area (Å²) in [4.78, 5) is 0. The van der Waals surface area contributed by atoms with Crippen LogP contribution in [-0.4, -0.2) is 27.3 Å². The molecule has 1 aromatic carbocycles. The van der Waals surface area contributed by atoms with Crippen LogP contribution in [0.2, 0.25) is 0 Å². The molecular formula is C13H21NO2. The molecule has 0 aliphatic heterocycles. The molecule has 0 aliphatic carbocycles. The van der Waals surface area contributed by atoms with Gasteiger partial charge >= 0.3 is 0 Å². The smallest absolute Gasteiger partial charge is 0.163 e. The summed E-state index contributed by atoms with van der Waals surface area (Å²) in [5.41, 5.74) is 1.19. The molecule has 0 amide bonds. The van der Waals surface area contributed by atoms with Crippen LogP contribution in [0.5, 0.6) is 11.5 Å². The highest BCUT2D eigenvalue weighted by molar-refractivity contribution is 5.46. The second kappa shape index (κ2) is 7.12. The SMILES string of the molecule is CCCNCCc1cccc(OC)c1OC. The molecule has 16 heavy (non-hydrogen) atoms. The minimum absolute atomic E-state index is 0.801. The largest absolute Gasteiger partial charge is 0.493 e. The Bertz CT molecular complexity index is 313. The van der Waals surface area contributed by atoms with Crippen molar-refractivity contribution in [2.75, 3.05) is 27.3 Å². The van der Waals surface area contributed by atoms with Gasteiger partial charge in [-0.05, 0) is 37.6 Å². The topological polar surface area (TPSA) is 30.5 Å². The van der Waals surface area contributed by atoms with Crippen molar-refractivity contribution in [3.8, 4) is 11.5 Å². The zero-order valence-corrected chi connectivity index (χ0v) is 10.4. The van der Waals surface area contributed by atoms with Crippen LogP contribution >= 0.6 is 0 Å². The Morgan fingerprint density at radius 1 is 1.12 bits per heavy atom. The highest BCUT2D eigenvalue weighted by Crippen LogP contribution is 2.30. The first-order valence-electron chi connectivity index (χ1n) is 5.74. The van der Waals surface area contributed by atoms with Crippen LogP contribution in [0.1, 0.15) is 18.9 Å². The number of methoxy groups -OCH3 is 2. The van der Waals surface area contributed by atoms with E-state index in [1.807, 2.05) is 12.1 Å². The lowest BCUT2D eigenvalue weighted by molar-refractivity contribution is 0.351. The molecule has 0 unspecified atom stereocenters. The number of para-hydroxylation sites is 1. The second-order valence-electron chi connectivity index (χ2n) is 3.65. The van der Waals surface area contributed by atoms with E-state index in [9.17, 15) is 0 Å². The normalized spacial score (nSPS) is 10.2. The first-order valence-corrected chi connectivity index (χ1v) is 5.74. The summed E-state index contributed by atoms with van der Waals surface area (Å²) in [6.45, 7) is 4.20. The van der Waals surface area contributed by atoms with E-state index in [2.05, 4.69) is 18.3 Å². The Morgan fingerprint density at radius 3 is 2.56 bits per heavy atom. The Kier molecular flexibility index (Phi) is 5.72. The van der Waals surface area contributed by atoms with E-state index >= 15 is 0 Å². The van der Waals surface area contributed by atoms with Crippen molar-refractivity contribution in [2.45, 2.75) is 19.8 Å². The van der Waals surface area contributed by atoms with Gasteiger partial charge in [-0.25, -0.2) is 0 Å². The molecule has 1 N–H and O–H groups in total. The average Bonchev–Trinajstić information content (AvgIpc) is 2.34. The molecule has 0 heterocycles. The fourth-order valence-corrected chi connectivity index (χ4v) is 1.68. The molecule has 0 atom stereocenters. The minimum atomic E-state index is 0.801. The summed E-state index contributed by atoms with van der Waals surface area (Å²) in [6.07, 6.45) is 2.12. The Balaban J connectivity index is 2.63. The van der Waals surface area contributed by atoms with Crippen molar-refractivity contribution in [1.82, 2.24) is 5.32 Å². The van der Waals surface area contributed by atoms with Gasteiger partial charge in [0.05, 0.1) is 14.2 Å². The summed E-state index contributed by atoms with van der Waals surface area (Å²) in [5.74, 6) is 1.65. The van der Waals surface area contributed by atoms with E-state index in [0.29, 0.717) is 0 Å². The van der Waals surface area contributed by atoms with Gasteiger partial charge in [0.25, 0.3) is 0 Å². The number of rotatable bonds is 7. The van der Waals surface area contributed by atoms with Gasteiger partial charge in [-0.15, -0.1) is 0 Å². The lowest BCUT2D eigenvalue weighted by atomic mass is 10.1. The van der Waals surface area contributed by atoms with E-state index in [1.54, 1.807) is 14.2 Å². The van der Waals surface area contributed by atoms with Crippen LogP contribution < -0.4 is 14.8 Å². The van der Waals surface area contributed by atoms with Crippen LogP contribution in [0, 0.1) is 0 Å². The zero-order valence-electron chi connectivity index (χ0n) is 10.4. The maximum atomic E-state index is 5.37. The predicted octanol–water partition coefficient (Wildman–Crippen LogP) is 2.25. The Hall–Kier alpha value is -1.22. The quantitative estimate of drug-likeness (QED) is 0.719. The first-order chi connectivity index (χ1) is 7.83. The molecule has 0 radical (unpaired) electrons. The maximum Gasteiger partial charge on any atom is 0.163 e. The number of hydrogen-bond acceptors (Lipinski definition) is 3. The van der Waals surface area contributed by atoms with Gasteiger partial charge < -0.3 is 14.8 Å². The molecule has 1 aromatic rings. The van der Waals surface area contributed by atoms with Crippen LogP contribution in [0.25, 0.3) is 0 Å². The Morgan fingerprint density at radius 2 is 1.94 bits per heavy atom. The fraction of sp³-hybridized carbons (Fsp3) is 0.538. The minimum Gasteiger partial charge on any atom is -0.493 e. The van der Waals surface area contributed by atoms with Gasteiger partial charge in [-0.3, -0.25) is 0 Å². The lowest BCUT2D eigenvalue weighted by Crippen LogP contribution is -2.18. The van der Waals surface area contributed by atoms with Crippen molar-refractivity contribution in [2.24, 2.45) is 0 Å². The summed E-state index contributed by atoms with van der Waals surface area (Å²) in [6, 6.07) is 5.99. The fourth-order valence-electron chi connectivity index (χ4n) is 1.68. The highest BCUT2D eigenvalue weighted by atomic mass is 16.5. The highest BCUT2D eigenvalue weighted by Gasteiger charge is 2.08. The monoisotopic (exact) mass is 223 g/mol. The summed E-state index contributed by atoms with van der Waals surface area (Å²) >= 11 is 0. The molecule has 3 nitrogen and oxygen atoms in total. The molecule has 0 spiro atoms. The van der Waals surface area contributed by atoms with Crippen molar-refractivity contribution >= 4 is 0 Å². The van der Waals surface area contributed by atoms with Crippen molar-refractivity contribution in [3.63, 3.8) is 0 Å². The number of hydrogen-bond donors (Lipinski definition) is 1. The van der Waals surface area contributed by atoms with Gasteiger partial charge in [0, 0.05) is 0 Å². The molecule has 0 aliphatic rings. The number of benzene rings is 1. The third-order valence-corrected chi connectivity index (χ3v) is 2.48. The van der Waals surface area contributed by atoms with Crippen molar-refractivity contribution in [3.05, 3.63) is 23.8 Å². The molecular weight excluding hydrogens is 202 g/mol.